The lowest BCUT2D eigenvalue weighted by Gasteiger charge is -2.28. The van der Waals surface area contributed by atoms with E-state index in [9.17, 15) is 9.59 Å². The predicted octanol–water partition coefficient (Wildman–Crippen LogP) is 1.37. The van der Waals surface area contributed by atoms with Gasteiger partial charge in [-0.2, -0.15) is 0 Å². The molecule has 1 aliphatic rings. The number of rotatable bonds is 5. The average molecular weight is 343 g/mol. The second-order valence-electron chi connectivity index (χ2n) is 6.61. The van der Waals surface area contributed by atoms with Crippen molar-refractivity contribution in [2.45, 2.75) is 32.2 Å². The lowest BCUT2D eigenvalue weighted by Crippen LogP contribution is -2.39. The molecule has 0 radical (unpaired) electrons. The molecule has 1 aliphatic heterocycles. The number of amides is 1. The molecule has 1 fully saturated rings. The molecule has 1 aromatic carbocycles. The SMILES string of the molecule is CN(C)NC(=O)CCn1c(=O)c(N2CCCCC2)nc2ccccc21. The first kappa shape index (κ1) is 17.4. The number of hydrazine groups is 1. The number of carbonyl (C=O) groups excluding carboxylic acids is 1. The van der Waals surface area contributed by atoms with Crippen molar-refractivity contribution in [3.8, 4) is 0 Å². The maximum atomic E-state index is 13.0. The quantitative estimate of drug-likeness (QED) is 0.831. The van der Waals surface area contributed by atoms with Gasteiger partial charge >= 0.3 is 0 Å². The van der Waals surface area contributed by atoms with Crippen LogP contribution >= 0.6 is 0 Å². The fraction of sp³-hybridized carbons (Fsp3) is 0.500. The van der Waals surface area contributed by atoms with E-state index in [2.05, 4.69) is 15.3 Å². The number of fused-ring (bicyclic) bond motifs is 1. The van der Waals surface area contributed by atoms with Gasteiger partial charge in [0.15, 0.2) is 5.82 Å². The van der Waals surface area contributed by atoms with Crippen LogP contribution in [0.1, 0.15) is 25.7 Å². The highest BCUT2D eigenvalue weighted by Crippen LogP contribution is 2.18. The van der Waals surface area contributed by atoms with Crippen LogP contribution < -0.4 is 15.9 Å². The van der Waals surface area contributed by atoms with E-state index in [-0.39, 0.29) is 17.9 Å². The van der Waals surface area contributed by atoms with Crippen LogP contribution in [0.5, 0.6) is 0 Å². The monoisotopic (exact) mass is 343 g/mol. The van der Waals surface area contributed by atoms with E-state index in [0.717, 1.165) is 37.0 Å². The van der Waals surface area contributed by atoms with E-state index in [0.29, 0.717) is 12.4 Å². The van der Waals surface area contributed by atoms with Gasteiger partial charge in [0.2, 0.25) is 5.91 Å². The summed E-state index contributed by atoms with van der Waals surface area (Å²) in [6.07, 6.45) is 3.60. The van der Waals surface area contributed by atoms with E-state index >= 15 is 0 Å². The molecule has 3 rings (SSSR count). The van der Waals surface area contributed by atoms with E-state index in [1.54, 1.807) is 23.7 Å². The molecule has 7 nitrogen and oxygen atoms in total. The lowest BCUT2D eigenvalue weighted by atomic mass is 10.1. The topological polar surface area (TPSA) is 70.5 Å². The number of para-hydroxylation sites is 2. The van der Waals surface area contributed by atoms with Gasteiger partial charge in [-0.05, 0) is 31.4 Å². The Bertz CT molecular complexity index is 809. The van der Waals surface area contributed by atoms with Gasteiger partial charge in [0.25, 0.3) is 5.56 Å². The minimum absolute atomic E-state index is 0.113. The third-order valence-electron chi connectivity index (χ3n) is 4.40. The zero-order valence-electron chi connectivity index (χ0n) is 14.9. The van der Waals surface area contributed by atoms with Gasteiger partial charge in [-0.15, -0.1) is 0 Å². The van der Waals surface area contributed by atoms with Gasteiger partial charge in [0.1, 0.15) is 0 Å². The maximum Gasteiger partial charge on any atom is 0.294 e. The molecular weight excluding hydrogens is 318 g/mol. The maximum absolute atomic E-state index is 13.0. The summed E-state index contributed by atoms with van der Waals surface area (Å²) in [5.74, 6) is 0.392. The normalized spacial score (nSPS) is 14.9. The minimum Gasteiger partial charge on any atom is -0.352 e. The Hall–Kier alpha value is -2.41. The number of benzene rings is 1. The second kappa shape index (κ2) is 7.65. The number of nitrogens with one attached hydrogen (secondary N) is 1. The molecule has 0 unspecified atom stereocenters. The first-order chi connectivity index (χ1) is 12.1. The van der Waals surface area contributed by atoms with Crippen LogP contribution in [0.4, 0.5) is 5.82 Å². The highest BCUT2D eigenvalue weighted by atomic mass is 16.2. The zero-order valence-corrected chi connectivity index (χ0v) is 14.9. The third kappa shape index (κ3) is 3.99. The molecule has 0 bridgehead atoms. The fourth-order valence-electron chi connectivity index (χ4n) is 3.23. The molecule has 7 heteroatoms. The van der Waals surface area contributed by atoms with Crippen molar-refractivity contribution in [1.82, 2.24) is 20.0 Å². The van der Waals surface area contributed by atoms with E-state index < -0.39 is 0 Å². The zero-order chi connectivity index (χ0) is 17.8. The Labute approximate surface area is 147 Å². The van der Waals surface area contributed by atoms with Gasteiger partial charge in [0.05, 0.1) is 11.0 Å². The molecule has 1 N–H and O–H groups in total. The first-order valence-electron chi connectivity index (χ1n) is 8.77. The summed E-state index contributed by atoms with van der Waals surface area (Å²) in [6, 6.07) is 7.61. The van der Waals surface area contributed by atoms with Crippen molar-refractivity contribution < 1.29 is 4.79 Å². The lowest BCUT2D eigenvalue weighted by molar-refractivity contribution is -0.125. The number of aromatic nitrogens is 2. The summed E-state index contributed by atoms with van der Waals surface area (Å²) < 4.78 is 1.68. The number of anilines is 1. The van der Waals surface area contributed by atoms with Crippen molar-refractivity contribution >= 4 is 22.8 Å². The Balaban J connectivity index is 1.95. The first-order valence-corrected chi connectivity index (χ1v) is 8.77. The molecule has 134 valence electrons. The summed E-state index contributed by atoms with van der Waals surface area (Å²) in [5, 5.41) is 1.61. The Morgan fingerprint density at radius 3 is 2.64 bits per heavy atom. The number of aryl methyl sites for hydroxylation is 1. The summed E-state index contributed by atoms with van der Waals surface area (Å²) in [5.41, 5.74) is 4.16. The Kier molecular flexibility index (Phi) is 5.33. The van der Waals surface area contributed by atoms with E-state index in [1.165, 1.54) is 6.42 Å². The fourth-order valence-corrected chi connectivity index (χ4v) is 3.23. The molecule has 1 amide bonds. The molecule has 0 saturated carbocycles. The molecule has 0 spiro atoms. The Morgan fingerprint density at radius 2 is 1.92 bits per heavy atom. The third-order valence-corrected chi connectivity index (χ3v) is 4.40. The number of piperidine rings is 1. The predicted molar refractivity (Wildman–Crippen MR) is 98.5 cm³/mol. The van der Waals surface area contributed by atoms with Crippen LogP contribution in [-0.4, -0.2) is 47.7 Å². The summed E-state index contributed by atoms with van der Waals surface area (Å²) >= 11 is 0. The van der Waals surface area contributed by atoms with Gasteiger partial charge < -0.3 is 9.47 Å². The molecular formula is C18H25N5O2. The van der Waals surface area contributed by atoms with Crippen molar-refractivity contribution in [2.24, 2.45) is 0 Å². The van der Waals surface area contributed by atoms with Gasteiger partial charge in [-0.1, -0.05) is 12.1 Å². The number of hydrogen-bond donors (Lipinski definition) is 1. The molecule has 0 aliphatic carbocycles. The number of hydrogen-bond acceptors (Lipinski definition) is 5. The van der Waals surface area contributed by atoms with Crippen molar-refractivity contribution in [2.75, 3.05) is 32.1 Å². The molecule has 2 heterocycles. The van der Waals surface area contributed by atoms with Gasteiger partial charge in [-0.25, -0.2) is 9.99 Å². The molecule has 0 atom stereocenters. The van der Waals surface area contributed by atoms with Crippen molar-refractivity contribution in [3.63, 3.8) is 0 Å². The summed E-state index contributed by atoms with van der Waals surface area (Å²) in [4.78, 5) is 31.7. The largest absolute Gasteiger partial charge is 0.352 e. The summed E-state index contributed by atoms with van der Waals surface area (Å²) in [7, 11) is 3.53. The van der Waals surface area contributed by atoms with Crippen molar-refractivity contribution in [3.05, 3.63) is 34.6 Å². The molecule has 25 heavy (non-hydrogen) atoms. The molecule has 2 aromatic rings. The Morgan fingerprint density at radius 1 is 1.20 bits per heavy atom. The van der Waals surface area contributed by atoms with Crippen LogP contribution in [0, 0.1) is 0 Å². The average Bonchev–Trinajstić information content (AvgIpc) is 2.60. The number of nitrogens with zero attached hydrogens (tertiary/aromatic N) is 4. The smallest absolute Gasteiger partial charge is 0.294 e. The van der Waals surface area contributed by atoms with Crippen LogP contribution in [0.2, 0.25) is 0 Å². The standard InChI is InChI=1S/C18H25N5O2/c1-21(2)20-16(24)10-13-23-15-9-5-4-8-14(15)19-17(18(23)25)22-11-6-3-7-12-22/h4-5,8-9H,3,6-7,10-13H2,1-2H3,(H,20,24). The number of carbonyl (C=O) groups is 1. The van der Waals surface area contributed by atoms with Gasteiger partial charge in [-0.3, -0.25) is 15.0 Å². The van der Waals surface area contributed by atoms with Crippen LogP contribution in [0.25, 0.3) is 11.0 Å². The second-order valence-corrected chi connectivity index (χ2v) is 6.61. The molecule has 1 saturated heterocycles. The highest BCUT2D eigenvalue weighted by molar-refractivity contribution is 5.78. The van der Waals surface area contributed by atoms with E-state index in [1.807, 2.05) is 24.3 Å². The van der Waals surface area contributed by atoms with Crippen molar-refractivity contribution in [1.29, 1.82) is 0 Å². The van der Waals surface area contributed by atoms with Crippen LogP contribution in [-0.2, 0) is 11.3 Å². The highest BCUT2D eigenvalue weighted by Gasteiger charge is 2.19. The van der Waals surface area contributed by atoms with Crippen LogP contribution in [0.15, 0.2) is 29.1 Å². The van der Waals surface area contributed by atoms with Gasteiger partial charge in [0, 0.05) is 40.2 Å². The van der Waals surface area contributed by atoms with E-state index in [4.69, 9.17) is 0 Å². The minimum atomic E-state index is -0.114. The van der Waals surface area contributed by atoms with Crippen LogP contribution in [0.3, 0.4) is 0 Å². The summed E-state index contributed by atoms with van der Waals surface area (Å²) in [6.45, 7) is 2.06. The molecule has 1 aromatic heterocycles.